The Kier molecular flexibility index (Phi) is 3.58. The summed E-state index contributed by atoms with van der Waals surface area (Å²) >= 11 is 0. The molecular weight excluding hydrogens is 254 g/mol. The summed E-state index contributed by atoms with van der Waals surface area (Å²) in [6, 6.07) is 7.86. The van der Waals surface area contributed by atoms with Crippen LogP contribution < -0.4 is 10.6 Å². The van der Waals surface area contributed by atoms with E-state index in [0.29, 0.717) is 13.1 Å². The summed E-state index contributed by atoms with van der Waals surface area (Å²) in [6.45, 7) is 1.49. The number of rotatable bonds is 1. The number of fused-ring (bicyclic) bond motifs is 1. The number of carbonyl (C=O) groups excluding carboxylic acids is 2. The summed E-state index contributed by atoms with van der Waals surface area (Å²) in [5.74, 6) is -0.0244. The number of para-hydroxylation sites is 1. The maximum absolute atomic E-state index is 12.5. The smallest absolute Gasteiger partial charge is 0.245 e. The second-order valence-corrected chi connectivity index (χ2v) is 5.36. The second kappa shape index (κ2) is 5.53. The van der Waals surface area contributed by atoms with E-state index >= 15 is 0 Å². The summed E-state index contributed by atoms with van der Waals surface area (Å²) in [4.78, 5) is 25.8. The summed E-state index contributed by atoms with van der Waals surface area (Å²) < 4.78 is 0. The van der Waals surface area contributed by atoms with Crippen LogP contribution in [-0.2, 0) is 16.0 Å². The highest BCUT2D eigenvalue weighted by Gasteiger charge is 2.29. The molecule has 1 atom stereocenters. The van der Waals surface area contributed by atoms with Crippen molar-refractivity contribution in [3.8, 4) is 0 Å². The van der Waals surface area contributed by atoms with Crippen LogP contribution in [0.1, 0.15) is 18.4 Å². The third kappa shape index (κ3) is 2.61. The number of amides is 2. The fourth-order valence-electron chi connectivity index (χ4n) is 2.84. The number of hydrogen-bond acceptors (Lipinski definition) is 3. The van der Waals surface area contributed by atoms with E-state index < -0.39 is 0 Å². The van der Waals surface area contributed by atoms with Crippen molar-refractivity contribution in [2.24, 2.45) is 0 Å². The van der Waals surface area contributed by atoms with Gasteiger partial charge in [0.15, 0.2) is 0 Å². The Balaban J connectivity index is 1.70. The van der Waals surface area contributed by atoms with Gasteiger partial charge in [-0.25, -0.2) is 0 Å². The molecule has 0 saturated carbocycles. The van der Waals surface area contributed by atoms with Crippen LogP contribution in [-0.4, -0.2) is 42.4 Å². The van der Waals surface area contributed by atoms with Gasteiger partial charge in [-0.15, -0.1) is 0 Å². The number of anilines is 1. The first-order chi connectivity index (χ1) is 9.74. The first-order valence-electron chi connectivity index (χ1n) is 7.14. The highest BCUT2D eigenvalue weighted by Crippen LogP contribution is 2.25. The molecule has 0 aromatic heterocycles. The minimum Gasteiger partial charge on any atom is -0.373 e. The van der Waals surface area contributed by atoms with Gasteiger partial charge in [-0.3, -0.25) is 9.59 Å². The molecule has 1 aromatic rings. The molecule has 20 heavy (non-hydrogen) atoms. The van der Waals surface area contributed by atoms with Crippen molar-refractivity contribution in [1.29, 1.82) is 0 Å². The van der Waals surface area contributed by atoms with Gasteiger partial charge in [-0.1, -0.05) is 18.2 Å². The van der Waals surface area contributed by atoms with Crippen LogP contribution in [0.5, 0.6) is 0 Å². The number of nitrogens with zero attached hydrogens (tertiary/aromatic N) is 1. The quantitative estimate of drug-likeness (QED) is 0.794. The monoisotopic (exact) mass is 273 g/mol. The van der Waals surface area contributed by atoms with Crippen LogP contribution in [0.3, 0.4) is 0 Å². The Bertz CT molecular complexity index is 530. The summed E-state index contributed by atoms with van der Waals surface area (Å²) in [6.07, 6.45) is 2.51. The van der Waals surface area contributed by atoms with Gasteiger partial charge in [0, 0.05) is 18.8 Å². The molecule has 1 fully saturated rings. The molecule has 5 heteroatoms. The van der Waals surface area contributed by atoms with Gasteiger partial charge in [0.25, 0.3) is 0 Å². The molecule has 2 heterocycles. The average molecular weight is 273 g/mol. The first-order valence-corrected chi connectivity index (χ1v) is 7.14. The lowest BCUT2D eigenvalue weighted by Crippen LogP contribution is -2.46. The van der Waals surface area contributed by atoms with Crippen LogP contribution in [0.15, 0.2) is 24.3 Å². The van der Waals surface area contributed by atoms with E-state index in [-0.39, 0.29) is 24.4 Å². The fraction of sp³-hybridized carbons (Fsp3) is 0.467. The largest absolute Gasteiger partial charge is 0.373 e. The van der Waals surface area contributed by atoms with E-state index in [2.05, 4.69) is 16.7 Å². The van der Waals surface area contributed by atoms with Crippen molar-refractivity contribution in [2.75, 3.05) is 25.0 Å². The third-order valence-corrected chi connectivity index (χ3v) is 3.92. The molecule has 2 aliphatic heterocycles. The van der Waals surface area contributed by atoms with Gasteiger partial charge in [-0.2, -0.15) is 0 Å². The van der Waals surface area contributed by atoms with Crippen molar-refractivity contribution >= 4 is 17.5 Å². The van der Waals surface area contributed by atoms with Crippen molar-refractivity contribution in [3.63, 3.8) is 0 Å². The topological polar surface area (TPSA) is 61.4 Å². The SMILES string of the molecule is O=C1CN(C(=O)C2CCc3ccccc3N2)CCCN1. The van der Waals surface area contributed by atoms with Crippen LogP contribution in [0.25, 0.3) is 0 Å². The molecule has 2 amide bonds. The van der Waals surface area contributed by atoms with Gasteiger partial charge >= 0.3 is 0 Å². The van der Waals surface area contributed by atoms with Gasteiger partial charge in [0.2, 0.25) is 11.8 Å². The highest BCUT2D eigenvalue weighted by molar-refractivity contribution is 5.90. The van der Waals surface area contributed by atoms with E-state index in [1.54, 1.807) is 4.90 Å². The minimum atomic E-state index is -0.212. The van der Waals surface area contributed by atoms with E-state index in [1.807, 2.05) is 18.2 Å². The van der Waals surface area contributed by atoms with Crippen molar-refractivity contribution in [2.45, 2.75) is 25.3 Å². The van der Waals surface area contributed by atoms with Crippen LogP contribution in [0.4, 0.5) is 5.69 Å². The second-order valence-electron chi connectivity index (χ2n) is 5.36. The van der Waals surface area contributed by atoms with Crippen molar-refractivity contribution in [3.05, 3.63) is 29.8 Å². The van der Waals surface area contributed by atoms with Gasteiger partial charge in [-0.05, 0) is 30.9 Å². The summed E-state index contributed by atoms with van der Waals surface area (Å²) in [7, 11) is 0. The molecule has 0 bridgehead atoms. The summed E-state index contributed by atoms with van der Waals surface area (Å²) in [5.41, 5.74) is 2.29. The Labute approximate surface area is 118 Å². The van der Waals surface area contributed by atoms with E-state index in [1.165, 1.54) is 5.56 Å². The Morgan fingerprint density at radius 3 is 3.05 bits per heavy atom. The molecule has 2 N–H and O–H groups in total. The zero-order valence-corrected chi connectivity index (χ0v) is 11.4. The van der Waals surface area contributed by atoms with Gasteiger partial charge in [0.1, 0.15) is 6.04 Å². The molecular formula is C15H19N3O2. The molecule has 3 rings (SSSR count). The maximum Gasteiger partial charge on any atom is 0.245 e. The summed E-state index contributed by atoms with van der Waals surface area (Å²) in [5, 5.41) is 6.10. The van der Waals surface area contributed by atoms with Gasteiger partial charge in [0.05, 0.1) is 6.54 Å². The lowest BCUT2D eigenvalue weighted by Gasteiger charge is -2.30. The van der Waals surface area contributed by atoms with Crippen LogP contribution in [0, 0.1) is 0 Å². The molecule has 0 spiro atoms. The molecule has 2 aliphatic rings. The Morgan fingerprint density at radius 1 is 1.30 bits per heavy atom. The molecule has 5 nitrogen and oxygen atoms in total. The number of nitrogens with one attached hydrogen (secondary N) is 2. The zero-order chi connectivity index (χ0) is 13.9. The number of benzene rings is 1. The first kappa shape index (κ1) is 13.0. The number of hydrogen-bond donors (Lipinski definition) is 2. The van der Waals surface area contributed by atoms with Crippen molar-refractivity contribution in [1.82, 2.24) is 10.2 Å². The fourth-order valence-corrected chi connectivity index (χ4v) is 2.84. The average Bonchev–Trinajstić information content (AvgIpc) is 2.70. The molecule has 1 saturated heterocycles. The molecule has 106 valence electrons. The molecule has 0 aliphatic carbocycles. The molecule has 1 unspecified atom stereocenters. The van der Waals surface area contributed by atoms with E-state index in [0.717, 1.165) is 24.9 Å². The highest BCUT2D eigenvalue weighted by atomic mass is 16.2. The lowest BCUT2D eigenvalue weighted by atomic mass is 9.97. The van der Waals surface area contributed by atoms with Gasteiger partial charge < -0.3 is 15.5 Å². The molecule has 0 radical (unpaired) electrons. The van der Waals surface area contributed by atoms with E-state index in [9.17, 15) is 9.59 Å². The predicted molar refractivity (Wildman–Crippen MR) is 76.4 cm³/mol. The minimum absolute atomic E-state index is 0.0385. The number of aryl methyl sites for hydroxylation is 1. The van der Waals surface area contributed by atoms with Crippen molar-refractivity contribution < 1.29 is 9.59 Å². The zero-order valence-electron chi connectivity index (χ0n) is 11.4. The Hall–Kier alpha value is -2.04. The van der Waals surface area contributed by atoms with Crippen LogP contribution >= 0.6 is 0 Å². The van der Waals surface area contributed by atoms with Crippen LogP contribution in [0.2, 0.25) is 0 Å². The Morgan fingerprint density at radius 2 is 2.15 bits per heavy atom. The lowest BCUT2D eigenvalue weighted by molar-refractivity contribution is -0.136. The molecule has 1 aromatic carbocycles. The maximum atomic E-state index is 12.5. The standard InChI is InChI=1S/C15H19N3O2/c19-14-10-18(9-3-8-16-14)15(20)13-7-6-11-4-1-2-5-12(11)17-13/h1-2,4-5,13,17H,3,6-10H2,(H,16,19). The van der Waals surface area contributed by atoms with E-state index in [4.69, 9.17) is 0 Å². The number of carbonyl (C=O) groups is 2. The normalized spacial score (nSPS) is 22.3. The third-order valence-electron chi connectivity index (χ3n) is 3.92. The predicted octanol–water partition coefficient (Wildman–Crippen LogP) is 0.762.